The molecule has 0 amide bonds. The lowest BCUT2D eigenvalue weighted by Gasteiger charge is -2.08. The van der Waals surface area contributed by atoms with Gasteiger partial charge in [0, 0.05) is 11.3 Å². The molecule has 0 fully saturated rings. The summed E-state index contributed by atoms with van der Waals surface area (Å²) in [6.45, 7) is 4.27. The first-order valence-corrected chi connectivity index (χ1v) is 7.08. The van der Waals surface area contributed by atoms with E-state index in [1.165, 1.54) is 0 Å². The second kappa shape index (κ2) is 6.08. The van der Waals surface area contributed by atoms with Crippen LogP contribution in [0.2, 0.25) is 15.2 Å². The van der Waals surface area contributed by atoms with Crippen LogP contribution in [0.25, 0.3) is 11.4 Å². The zero-order valence-corrected chi connectivity index (χ0v) is 12.9. The van der Waals surface area contributed by atoms with E-state index in [9.17, 15) is 0 Å². The predicted molar refractivity (Wildman–Crippen MR) is 81.0 cm³/mol. The molecular weight excluding hydrogens is 303 g/mol. The third kappa shape index (κ3) is 3.82. The van der Waals surface area contributed by atoms with Gasteiger partial charge in [-0.05, 0) is 36.6 Å². The number of aromatic nitrogens is 2. The molecular formula is C14H13Cl3N2. The van der Waals surface area contributed by atoms with Gasteiger partial charge in [-0.1, -0.05) is 48.7 Å². The van der Waals surface area contributed by atoms with E-state index in [0.717, 1.165) is 17.7 Å². The van der Waals surface area contributed by atoms with E-state index in [-0.39, 0.29) is 0 Å². The lowest BCUT2D eigenvalue weighted by atomic mass is 10.1. The molecule has 0 spiro atoms. The second-order valence-corrected chi connectivity index (χ2v) is 5.93. The van der Waals surface area contributed by atoms with Crippen LogP contribution in [0.1, 0.15) is 19.5 Å². The highest BCUT2D eigenvalue weighted by Gasteiger charge is 2.09. The van der Waals surface area contributed by atoms with Crippen LogP contribution >= 0.6 is 34.8 Å². The minimum Gasteiger partial charge on any atom is -0.233 e. The maximum absolute atomic E-state index is 6.04. The Labute approximate surface area is 127 Å². The van der Waals surface area contributed by atoms with Crippen LogP contribution in [0.5, 0.6) is 0 Å². The van der Waals surface area contributed by atoms with Gasteiger partial charge in [-0.25, -0.2) is 9.97 Å². The number of rotatable bonds is 3. The highest BCUT2D eigenvalue weighted by molar-refractivity contribution is 6.42. The van der Waals surface area contributed by atoms with Crippen LogP contribution in [0, 0.1) is 5.92 Å². The molecule has 2 aromatic rings. The summed E-state index contributed by atoms with van der Waals surface area (Å²) in [6.07, 6.45) is 0.858. The maximum atomic E-state index is 6.04. The minimum atomic E-state index is 0.437. The Kier molecular flexibility index (Phi) is 4.67. The average molecular weight is 316 g/mol. The summed E-state index contributed by atoms with van der Waals surface area (Å²) < 4.78 is 0. The van der Waals surface area contributed by atoms with E-state index in [1.807, 2.05) is 6.07 Å². The maximum Gasteiger partial charge on any atom is 0.161 e. The summed E-state index contributed by atoms with van der Waals surface area (Å²) in [7, 11) is 0. The van der Waals surface area contributed by atoms with Crippen molar-refractivity contribution in [3.63, 3.8) is 0 Å². The molecule has 100 valence electrons. The van der Waals surface area contributed by atoms with Crippen LogP contribution in [0.3, 0.4) is 0 Å². The number of hydrogen-bond donors (Lipinski definition) is 0. The van der Waals surface area contributed by atoms with Crippen molar-refractivity contribution in [1.82, 2.24) is 9.97 Å². The predicted octanol–water partition coefficient (Wildman–Crippen LogP) is 5.30. The van der Waals surface area contributed by atoms with Crippen molar-refractivity contribution in [1.29, 1.82) is 0 Å². The molecule has 5 heteroatoms. The summed E-state index contributed by atoms with van der Waals surface area (Å²) in [5.41, 5.74) is 1.73. The van der Waals surface area contributed by atoms with Crippen molar-refractivity contribution in [2.24, 2.45) is 5.92 Å². The molecule has 0 saturated heterocycles. The Morgan fingerprint density at radius 2 is 1.74 bits per heavy atom. The zero-order valence-electron chi connectivity index (χ0n) is 10.6. The SMILES string of the molecule is CC(C)Cc1cc(Cl)nc(-c2ccc(Cl)c(Cl)c2)n1. The summed E-state index contributed by atoms with van der Waals surface area (Å²) in [5.74, 6) is 1.08. The van der Waals surface area contributed by atoms with Gasteiger partial charge in [0.1, 0.15) is 5.15 Å². The molecule has 0 N–H and O–H groups in total. The Balaban J connectivity index is 2.43. The van der Waals surface area contributed by atoms with Crippen molar-refractivity contribution in [3.8, 4) is 11.4 Å². The molecule has 0 aliphatic rings. The summed E-state index contributed by atoms with van der Waals surface area (Å²) >= 11 is 18.0. The molecule has 1 aromatic heterocycles. The first kappa shape index (κ1) is 14.6. The van der Waals surface area contributed by atoms with Crippen molar-refractivity contribution in [2.45, 2.75) is 20.3 Å². The van der Waals surface area contributed by atoms with Gasteiger partial charge in [0.25, 0.3) is 0 Å². The van der Waals surface area contributed by atoms with Gasteiger partial charge >= 0.3 is 0 Å². The van der Waals surface area contributed by atoms with Gasteiger partial charge in [0.2, 0.25) is 0 Å². The fourth-order valence-corrected chi connectivity index (χ4v) is 2.26. The fourth-order valence-electron chi connectivity index (χ4n) is 1.75. The van der Waals surface area contributed by atoms with Crippen LogP contribution in [-0.2, 0) is 6.42 Å². The number of hydrogen-bond acceptors (Lipinski definition) is 2. The van der Waals surface area contributed by atoms with Gasteiger partial charge in [-0.2, -0.15) is 0 Å². The van der Waals surface area contributed by atoms with Crippen LogP contribution in [0.4, 0.5) is 0 Å². The summed E-state index contributed by atoms with van der Waals surface area (Å²) in [5, 5.41) is 1.43. The second-order valence-electron chi connectivity index (χ2n) is 4.73. The molecule has 0 bridgehead atoms. The molecule has 0 radical (unpaired) electrons. The van der Waals surface area contributed by atoms with E-state index in [0.29, 0.717) is 26.9 Å². The molecule has 0 aliphatic carbocycles. The zero-order chi connectivity index (χ0) is 14.0. The molecule has 0 atom stereocenters. The average Bonchev–Trinajstić information content (AvgIpc) is 2.31. The highest BCUT2D eigenvalue weighted by Crippen LogP contribution is 2.27. The number of halogens is 3. The van der Waals surface area contributed by atoms with Crippen LogP contribution in [-0.4, -0.2) is 9.97 Å². The Morgan fingerprint density at radius 1 is 1.00 bits per heavy atom. The smallest absolute Gasteiger partial charge is 0.161 e. The third-order valence-electron chi connectivity index (χ3n) is 2.54. The van der Waals surface area contributed by atoms with E-state index < -0.39 is 0 Å². The largest absolute Gasteiger partial charge is 0.233 e. The number of nitrogens with zero attached hydrogens (tertiary/aromatic N) is 2. The first-order valence-electron chi connectivity index (χ1n) is 5.94. The Bertz CT molecular complexity index is 597. The molecule has 0 aliphatic heterocycles. The van der Waals surface area contributed by atoms with Crippen molar-refractivity contribution in [2.75, 3.05) is 0 Å². The van der Waals surface area contributed by atoms with Gasteiger partial charge in [-0.15, -0.1) is 0 Å². The van der Waals surface area contributed by atoms with Gasteiger partial charge in [0.05, 0.1) is 10.0 Å². The molecule has 0 unspecified atom stereocenters. The lowest BCUT2D eigenvalue weighted by molar-refractivity contribution is 0.634. The van der Waals surface area contributed by atoms with E-state index in [4.69, 9.17) is 34.8 Å². The monoisotopic (exact) mass is 314 g/mol. The highest BCUT2D eigenvalue weighted by atomic mass is 35.5. The fraction of sp³-hybridized carbons (Fsp3) is 0.286. The van der Waals surface area contributed by atoms with Crippen molar-refractivity contribution in [3.05, 3.63) is 45.2 Å². The van der Waals surface area contributed by atoms with Crippen molar-refractivity contribution >= 4 is 34.8 Å². The Morgan fingerprint density at radius 3 is 2.37 bits per heavy atom. The van der Waals surface area contributed by atoms with Gasteiger partial charge in [-0.3, -0.25) is 0 Å². The third-order valence-corrected chi connectivity index (χ3v) is 3.48. The topological polar surface area (TPSA) is 25.8 Å². The van der Waals surface area contributed by atoms with Crippen LogP contribution < -0.4 is 0 Å². The van der Waals surface area contributed by atoms with Gasteiger partial charge in [0.15, 0.2) is 5.82 Å². The summed E-state index contributed by atoms with van der Waals surface area (Å²) in [6, 6.07) is 7.10. The van der Waals surface area contributed by atoms with E-state index in [1.54, 1.807) is 18.2 Å². The molecule has 19 heavy (non-hydrogen) atoms. The molecule has 2 rings (SSSR count). The standard InChI is InChI=1S/C14H13Cl3N2/c1-8(2)5-10-7-13(17)19-14(18-10)9-3-4-11(15)12(16)6-9/h3-4,6-8H,5H2,1-2H3. The minimum absolute atomic E-state index is 0.437. The molecule has 1 aromatic carbocycles. The Hall–Kier alpha value is -0.830. The van der Waals surface area contributed by atoms with E-state index >= 15 is 0 Å². The molecule has 1 heterocycles. The normalized spacial score (nSPS) is 11.1. The quantitative estimate of drug-likeness (QED) is 0.718. The summed E-state index contributed by atoms with van der Waals surface area (Å²) in [4.78, 5) is 8.75. The van der Waals surface area contributed by atoms with Crippen LogP contribution in [0.15, 0.2) is 24.3 Å². The molecule has 2 nitrogen and oxygen atoms in total. The van der Waals surface area contributed by atoms with Gasteiger partial charge < -0.3 is 0 Å². The number of benzene rings is 1. The first-order chi connectivity index (χ1) is 8.95. The van der Waals surface area contributed by atoms with E-state index in [2.05, 4.69) is 23.8 Å². The van der Waals surface area contributed by atoms with Crippen molar-refractivity contribution < 1.29 is 0 Å². The lowest BCUT2D eigenvalue weighted by Crippen LogP contribution is -2.00. The molecule has 0 saturated carbocycles.